The van der Waals surface area contributed by atoms with Crippen LogP contribution in [-0.2, 0) is 18.9 Å². The number of rotatable bonds is 12. The number of hydrogen-bond donors (Lipinski definition) is 7. The van der Waals surface area contributed by atoms with Crippen molar-refractivity contribution in [1.82, 2.24) is 0 Å². The third-order valence-electron chi connectivity index (χ3n) is 15.5. The molecule has 52 heavy (non-hydrogen) atoms. The van der Waals surface area contributed by atoms with Gasteiger partial charge in [0.25, 0.3) is 0 Å². The number of ether oxygens (including phenoxy) is 4. The van der Waals surface area contributed by atoms with Gasteiger partial charge in [-0.2, -0.15) is 0 Å². The molecule has 4 aliphatic carbocycles. The first-order chi connectivity index (χ1) is 24.6. The molecule has 11 nitrogen and oxygen atoms in total. The predicted molar refractivity (Wildman–Crippen MR) is 193 cm³/mol. The molecule has 0 amide bonds. The summed E-state index contributed by atoms with van der Waals surface area (Å²) in [5.74, 6) is 5.31. The Morgan fingerprint density at radius 2 is 1.46 bits per heavy atom. The van der Waals surface area contributed by atoms with Crippen molar-refractivity contribution in [2.45, 2.75) is 180 Å². The Balaban J connectivity index is 1.06. The molecule has 2 heterocycles. The lowest BCUT2D eigenvalue weighted by molar-refractivity contribution is -0.336. The zero-order valence-corrected chi connectivity index (χ0v) is 32.4. The summed E-state index contributed by atoms with van der Waals surface area (Å²) in [5.41, 5.74) is 1.97. The molecule has 11 heteroatoms. The maximum atomic E-state index is 10.9. The minimum atomic E-state index is -1.62. The van der Waals surface area contributed by atoms with Gasteiger partial charge in [-0.05, 0) is 110 Å². The second kappa shape index (κ2) is 16.4. The molecule has 19 atom stereocenters. The van der Waals surface area contributed by atoms with Crippen molar-refractivity contribution in [3.63, 3.8) is 0 Å². The summed E-state index contributed by atoms with van der Waals surface area (Å²) in [4.78, 5) is 0. The summed E-state index contributed by atoms with van der Waals surface area (Å²) >= 11 is 0. The van der Waals surface area contributed by atoms with Crippen molar-refractivity contribution < 1.29 is 54.7 Å². The van der Waals surface area contributed by atoms with E-state index in [2.05, 4.69) is 47.6 Å². The highest BCUT2D eigenvalue weighted by atomic mass is 16.7. The Bertz CT molecular complexity index is 1210. The normalized spacial score (nSPS) is 49.1. The van der Waals surface area contributed by atoms with Crippen molar-refractivity contribution >= 4 is 0 Å². The number of aliphatic hydroxyl groups is 7. The Labute approximate surface area is 311 Å². The van der Waals surface area contributed by atoms with Crippen molar-refractivity contribution in [2.75, 3.05) is 13.2 Å². The number of fused-ring (bicyclic) bond motifs is 5. The highest BCUT2D eigenvalue weighted by Crippen LogP contribution is 2.67. The highest BCUT2D eigenvalue weighted by molar-refractivity contribution is 5.25. The van der Waals surface area contributed by atoms with E-state index in [4.69, 9.17) is 18.9 Å². The van der Waals surface area contributed by atoms with Crippen molar-refractivity contribution in [2.24, 2.45) is 52.3 Å². The zero-order valence-electron chi connectivity index (χ0n) is 32.4. The Morgan fingerprint density at radius 3 is 2.13 bits per heavy atom. The smallest absolute Gasteiger partial charge is 0.186 e. The second-order valence-corrected chi connectivity index (χ2v) is 18.5. The third-order valence-corrected chi connectivity index (χ3v) is 15.5. The standard InChI is InChI=1S/C41H70O11/c1-7-23(21(2)3)9-8-22(4)27-12-13-28-26-11-10-24-18-25(14-16-40(24,5)29(26)15-17-41(27,28)6)50-39-37(48)35(46)33(44)31(52-39)20-49-38-36(47)34(45)32(43)30(19-42)51-38/h10,21-23,25-39,42-48H,7-9,11-20H2,1-6H3. The summed E-state index contributed by atoms with van der Waals surface area (Å²) in [5, 5.41) is 72.3. The molecular weight excluding hydrogens is 668 g/mol. The van der Waals surface area contributed by atoms with Crippen LogP contribution in [0.25, 0.3) is 0 Å². The van der Waals surface area contributed by atoms with Crippen LogP contribution in [0.5, 0.6) is 0 Å². The van der Waals surface area contributed by atoms with Gasteiger partial charge >= 0.3 is 0 Å². The Morgan fingerprint density at radius 1 is 0.788 bits per heavy atom. The molecule has 0 spiro atoms. The molecule has 300 valence electrons. The Kier molecular flexibility index (Phi) is 12.9. The molecule has 2 aliphatic heterocycles. The first-order valence-electron chi connectivity index (χ1n) is 20.6. The molecule has 6 aliphatic rings. The minimum absolute atomic E-state index is 0.114. The molecule has 0 radical (unpaired) electrons. The van der Waals surface area contributed by atoms with E-state index in [0.29, 0.717) is 17.3 Å². The molecule has 2 saturated heterocycles. The summed E-state index contributed by atoms with van der Waals surface area (Å²) in [6.07, 6.45) is 0.911. The van der Waals surface area contributed by atoms with Crippen LogP contribution < -0.4 is 0 Å². The Hall–Kier alpha value is -0.700. The number of allylic oxidation sites excluding steroid dienone is 1. The van der Waals surface area contributed by atoms with E-state index in [1.807, 2.05) is 0 Å². The van der Waals surface area contributed by atoms with E-state index in [1.54, 1.807) is 0 Å². The van der Waals surface area contributed by atoms with Gasteiger partial charge in [0.1, 0.15) is 48.8 Å². The van der Waals surface area contributed by atoms with Crippen LogP contribution in [0.4, 0.5) is 0 Å². The molecule has 19 unspecified atom stereocenters. The van der Waals surface area contributed by atoms with Gasteiger partial charge in [-0.15, -0.1) is 0 Å². The first kappa shape index (κ1) is 40.9. The van der Waals surface area contributed by atoms with Crippen molar-refractivity contribution in [3.8, 4) is 0 Å². The largest absolute Gasteiger partial charge is 0.394 e. The van der Waals surface area contributed by atoms with Crippen LogP contribution in [0.3, 0.4) is 0 Å². The highest BCUT2D eigenvalue weighted by Gasteiger charge is 2.59. The monoisotopic (exact) mass is 738 g/mol. The molecule has 0 aromatic rings. The first-order valence-corrected chi connectivity index (χ1v) is 20.6. The van der Waals surface area contributed by atoms with E-state index in [-0.39, 0.29) is 18.1 Å². The van der Waals surface area contributed by atoms with Gasteiger partial charge in [-0.1, -0.05) is 66.0 Å². The number of hydrogen-bond acceptors (Lipinski definition) is 11. The maximum absolute atomic E-state index is 10.9. The fraction of sp³-hybridized carbons (Fsp3) is 0.951. The molecule has 0 bridgehead atoms. The van der Waals surface area contributed by atoms with E-state index < -0.39 is 68.0 Å². The van der Waals surface area contributed by atoms with Gasteiger partial charge in [0, 0.05) is 0 Å². The topological polar surface area (TPSA) is 179 Å². The van der Waals surface area contributed by atoms with Crippen LogP contribution in [0.1, 0.15) is 112 Å². The summed E-state index contributed by atoms with van der Waals surface area (Å²) in [7, 11) is 0. The van der Waals surface area contributed by atoms with Crippen LogP contribution in [0, 0.1) is 52.3 Å². The number of aliphatic hydroxyl groups excluding tert-OH is 7. The van der Waals surface area contributed by atoms with Crippen LogP contribution in [0.2, 0.25) is 0 Å². The summed E-state index contributed by atoms with van der Waals surface area (Å²) in [6.45, 7) is 13.8. The van der Waals surface area contributed by atoms with E-state index in [9.17, 15) is 35.7 Å². The average Bonchev–Trinajstić information content (AvgIpc) is 3.48. The van der Waals surface area contributed by atoms with Gasteiger partial charge in [-0.3, -0.25) is 0 Å². The maximum Gasteiger partial charge on any atom is 0.186 e. The SMILES string of the molecule is CCC(CCC(C)C1CCC2C3CC=C4CC(OC5OC(COC6OC(CO)C(O)C(O)C6O)C(O)C(O)C5O)CCC4(C)C3CCC12C)C(C)C. The van der Waals surface area contributed by atoms with Crippen LogP contribution >= 0.6 is 0 Å². The minimum Gasteiger partial charge on any atom is -0.394 e. The van der Waals surface area contributed by atoms with Gasteiger partial charge in [0.15, 0.2) is 12.6 Å². The summed E-state index contributed by atoms with van der Waals surface area (Å²) in [6, 6.07) is 0. The van der Waals surface area contributed by atoms with Gasteiger partial charge in [0.2, 0.25) is 0 Å². The molecule has 6 rings (SSSR count). The summed E-state index contributed by atoms with van der Waals surface area (Å²) < 4.78 is 23.3. The van der Waals surface area contributed by atoms with Crippen LogP contribution in [-0.4, -0.2) is 116 Å². The van der Waals surface area contributed by atoms with Gasteiger partial charge in [-0.25, -0.2) is 0 Å². The van der Waals surface area contributed by atoms with Crippen molar-refractivity contribution in [3.05, 3.63) is 11.6 Å². The molecule has 5 fully saturated rings. The lowest BCUT2D eigenvalue weighted by Crippen LogP contribution is -2.62. The van der Waals surface area contributed by atoms with Crippen molar-refractivity contribution in [1.29, 1.82) is 0 Å². The predicted octanol–water partition coefficient (Wildman–Crippen LogP) is 3.67. The molecule has 0 aromatic carbocycles. The quantitative estimate of drug-likeness (QED) is 0.145. The molecule has 0 aromatic heterocycles. The third kappa shape index (κ3) is 7.57. The molecule has 7 N–H and O–H groups in total. The van der Waals surface area contributed by atoms with E-state index in [0.717, 1.165) is 55.3 Å². The zero-order chi connectivity index (χ0) is 37.7. The fourth-order valence-corrected chi connectivity index (χ4v) is 12.2. The van der Waals surface area contributed by atoms with Crippen LogP contribution in [0.15, 0.2) is 11.6 Å². The van der Waals surface area contributed by atoms with Gasteiger partial charge in [0.05, 0.1) is 19.3 Å². The lowest BCUT2D eigenvalue weighted by atomic mass is 9.47. The lowest BCUT2D eigenvalue weighted by Gasteiger charge is -2.58. The van der Waals surface area contributed by atoms with E-state index in [1.165, 1.54) is 50.5 Å². The average molecular weight is 739 g/mol. The molecule has 3 saturated carbocycles. The second-order valence-electron chi connectivity index (χ2n) is 18.5. The van der Waals surface area contributed by atoms with Gasteiger partial charge < -0.3 is 54.7 Å². The fourth-order valence-electron chi connectivity index (χ4n) is 12.2. The van der Waals surface area contributed by atoms with E-state index >= 15 is 0 Å². The molecular formula is C41H70O11.